The van der Waals surface area contributed by atoms with Gasteiger partial charge in [-0.25, -0.2) is 4.39 Å². The van der Waals surface area contributed by atoms with Crippen molar-refractivity contribution in [2.24, 2.45) is 0 Å². The number of benzene rings is 1. The van der Waals surface area contributed by atoms with Crippen molar-refractivity contribution in [2.45, 2.75) is 33.1 Å². The summed E-state index contributed by atoms with van der Waals surface area (Å²) < 4.78 is 18.9. The minimum absolute atomic E-state index is 0.217. The van der Waals surface area contributed by atoms with Gasteiger partial charge < -0.3 is 4.42 Å². The molecule has 95 valence electrons. The van der Waals surface area contributed by atoms with E-state index in [0.717, 1.165) is 18.4 Å². The van der Waals surface area contributed by atoms with Crippen molar-refractivity contribution in [1.29, 1.82) is 0 Å². The summed E-state index contributed by atoms with van der Waals surface area (Å²) >= 11 is 0. The van der Waals surface area contributed by atoms with Crippen LogP contribution in [0.5, 0.6) is 0 Å². The number of halogens is 1. The maximum atomic E-state index is 13.6. The highest BCUT2D eigenvalue weighted by molar-refractivity contribution is 5.31. The Bertz CT molecular complexity index is 522. The average molecular weight is 247 g/mol. The first-order chi connectivity index (χ1) is 8.69. The lowest BCUT2D eigenvalue weighted by Gasteiger charge is -2.04. The van der Waals surface area contributed by atoms with Gasteiger partial charge in [0, 0.05) is 19.8 Å². The molecule has 18 heavy (non-hydrogen) atoms. The predicted molar refractivity (Wildman–Crippen MR) is 66.5 cm³/mol. The Labute approximate surface area is 106 Å². The van der Waals surface area contributed by atoms with Gasteiger partial charge in [-0.05, 0) is 23.6 Å². The Balaban J connectivity index is 2.05. The summed E-state index contributed by atoms with van der Waals surface area (Å²) in [6, 6.07) is 5.21. The molecule has 1 aromatic carbocycles. The van der Waals surface area contributed by atoms with Gasteiger partial charge >= 0.3 is 0 Å². The maximum absolute atomic E-state index is 13.6. The van der Waals surface area contributed by atoms with Crippen LogP contribution in [0.3, 0.4) is 0 Å². The SMILES string of the molecule is CCCc1ccc(F)c([CH]Cc2nnc(C)o2)c1. The lowest BCUT2D eigenvalue weighted by atomic mass is 10.0. The van der Waals surface area contributed by atoms with Crippen LogP contribution in [0.15, 0.2) is 22.6 Å². The Hall–Kier alpha value is -1.71. The van der Waals surface area contributed by atoms with Crippen LogP contribution in [-0.2, 0) is 12.8 Å². The molecule has 4 heteroatoms. The van der Waals surface area contributed by atoms with E-state index >= 15 is 0 Å². The van der Waals surface area contributed by atoms with E-state index in [-0.39, 0.29) is 5.82 Å². The summed E-state index contributed by atoms with van der Waals surface area (Å²) in [6.45, 7) is 3.84. The molecule has 1 radical (unpaired) electrons. The van der Waals surface area contributed by atoms with Gasteiger partial charge in [-0.15, -0.1) is 10.2 Å². The molecule has 0 aliphatic rings. The Morgan fingerprint density at radius 3 is 2.83 bits per heavy atom. The zero-order chi connectivity index (χ0) is 13.0. The van der Waals surface area contributed by atoms with Crippen molar-refractivity contribution < 1.29 is 8.81 Å². The molecular formula is C14H16FN2O. The molecule has 3 nitrogen and oxygen atoms in total. The predicted octanol–water partition coefficient (Wildman–Crippen LogP) is 3.26. The summed E-state index contributed by atoms with van der Waals surface area (Å²) in [6.07, 6.45) is 4.24. The zero-order valence-corrected chi connectivity index (χ0v) is 10.6. The normalized spacial score (nSPS) is 10.8. The molecule has 0 atom stereocenters. The smallest absolute Gasteiger partial charge is 0.217 e. The molecule has 0 bridgehead atoms. The molecule has 0 aliphatic carbocycles. The van der Waals surface area contributed by atoms with Crippen molar-refractivity contribution >= 4 is 0 Å². The number of aryl methyl sites for hydroxylation is 2. The third-order valence-corrected chi connectivity index (χ3v) is 2.66. The molecule has 1 heterocycles. The van der Waals surface area contributed by atoms with Gasteiger partial charge in [0.1, 0.15) is 5.82 Å². The van der Waals surface area contributed by atoms with Gasteiger partial charge in [-0.2, -0.15) is 0 Å². The lowest BCUT2D eigenvalue weighted by Crippen LogP contribution is -1.95. The summed E-state index contributed by atoms with van der Waals surface area (Å²) in [5.41, 5.74) is 1.74. The summed E-state index contributed by atoms with van der Waals surface area (Å²) in [7, 11) is 0. The monoisotopic (exact) mass is 247 g/mol. The lowest BCUT2D eigenvalue weighted by molar-refractivity contribution is 0.475. The van der Waals surface area contributed by atoms with Crippen molar-refractivity contribution in [3.05, 3.63) is 53.3 Å². The molecule has 1 aromatic heterocycles. The van der Waals surface area contributed by atoms with E-state index in [1.807, 2.05) is 12.1 Å². The van der Waals surface area contributed by atoms with E-state index in [9.17, 15) is 4.39 Å². The third kappa shape index (κ3) is 3.15. The molecule has 0 N–H and O–H groups in total. The quantitative estimate of drug-likeness (QED) is 0.814. The first kappa shape index (κ1) is 12.7. The van der Waals surface area contributed by atoms with E-state index < -0.39 is 0 Å². The highest BCUT2D eigenvalue weighted by Gasteiger charge is 2.07. The van der Waals surface area contributed by atoms with Gasteiger partial charge in [0.25, 0.3) is 0 Å². The van der Waals surface area contributed by atoms with Crippen LogP contribution < -0.4 is 0 Å². The first-order valence-electron chi connectivity index (χ1n) is 6.09. The van der Waals surface area contributed by atoms with Crippen LogP contribution in [0.4, 0.5) is 4.39 Å². The third-order valence-electron chi connectivity index (χ3n) is 2.66. The molecular weight excluding hydrogens is 231 g/mol. The number of nitrogens with zero attached hydrogens (tertiary/aromatic N) is 2. The van der Waals surface area contributed by atoms with Crippen molar-refractivity contribution in [1.82, 2.24) is 10.2 Å². The average Bonchev–Trinajstić information content (AvgIpc) is 2.76. The Morgan fingerprint density at radius 1 is 1.33 bits per heavy atom. The first-order valence-corrected chi connectivity index (χ1v) is 6.09. The standard InChI is InChI=1S/C14H16FN2O/c1-3-4-11-5-7-13(15)12(9-11)6-8-14-17-16-10(2)18-14/h5-7,9H,3-4,8H2,1-2H3. The molecule has 2 aromatic rings. The van der Waals surface area contributed by atoms with Crippen LogP contribution in [0.25, 0.3) is 0 Å². The second kappa shape index (κ2) is 5.76. The fraction of sp³-hybridized carbons (Fsp3) is 0.357. The fourth-order valence-corrected chi connectivity index (χ4v) is 1.81. The molecule has 0 unspecified atom stereocenters. The van der Waals surface area contributed by atoms with Crippen molar-refractivity contribution in [3.63, 3.8) is 0 Å². The topological polar surface area (TPSA) is 38.9 Å². The number of hydrogen-bond acceptors (Lipinski definition) is 3. The number of aromatic nitrogens is 2. The molecule has 0 aliphatic heterocycles. The molecule has 0 amide bonds. The number of hydrogen-bond donors (Lipinski definition) is 0. The van der Waals surface area contributed by atoms with Crippen molar-refractivity contribution in [2.75, 3.05) is 0 Å². The Morgan fingerprint density at radius 2 is 2.17 bits per heavy atom. The largest absolute Gasteiger partial charge is 0.426 e. The van der Waals surface area contributed by atoms with E-state index in [1.54, 1.807) is 13.3 Å². The van der Waals surface area contributed by atoms with Crippen LogP contribution >= 0.6 is 0 Å². The van der Waals surface area contributed by atoms with Gasteiger partial charge in [0.05, 0.1) is 0 Å². The summed E-state index contributed by atoms with van der Waals surface area (Å²) in [5.74, 6) is 0.817. The van der Waals surface area contributed by atoms with E-state index in [4.69, 9.17) is 4.42 Å². The van der Waals surface area contributed by atoms with Crippen LogP contribution in [0, 0.1) is 19.2 Å². The van der Waals surface area contributed by atoms with Gasteiger partial charge in [0.15, 0.2) is 0 Å². The second-order valence-corrected chi connectivity index (χ2v) is 4.23. The number of rotatable bonds is 5. The van der Waals surface area contributed by atoms with Gasteiger partial charge in [0.2, 0.25) is 11.8 Å². The summed E-state index contributed by atoms with van der Waals surface area (Å²) in [5, 5.41) is 7.62. The molecule has 0 spiro atoms. The van der Waals surface area contributed by atoms with E-state index in [1.165, 1.54) is 6.07 Å². The maximum Gasteiger partial charge on any atom is 0.217 e. The van der Waals surface area contributed by atoms with E-state index in [2.05, 4.69) is 17.1 Å². The second-order valence-electron chi connectivity index (χ2n) is 4.23. The molecule has 2 rings (SSSR count). The van der Waals surface area contributed by atoms with Crippen LogP contribution in [0.1, 0.15) is 36.3 Å². The molecule has 0 saturated heterocycles. The van der Waals surface area contributed by atoms with Gasteiger partial charge in [-0.3, -0.25) is 0 Å². The van der Waals surface area contributed by atoms with Crippen LogP contribution in [0.2, 0.25) is 0 Å². The minimum atomic E-state index is -0.217. The zero-order valence-electron chi connectivity index (χ0n) is 10.6. The van der Waals surface area contributed by atoms with Crippen LogP contribution in [-0.4, -0.2) is 10.2 Å². The highest BCUT2D eigenvalue weighted by atomic mass is 19.1. The Kier molecular flexibility index (Phi) is 4.07. The summed E-state index contributed by atoms with van der Waals surface area (Å²) in [4.78, 5) is 0. The minimum Gasteiger partial charge on any atom is -0.426 e. The van der Waals surface area contributed by atoms with Crippen molar-refractivity contribution in [3.8, 4) is 0 Å². The van der Waals surface area contributed by atoms with E-state index in [0.29, 0.717) is 23.8 Å². The highest BCUT2D eigenvalue weighted by Crippen LogP contribution is 2.16. The molecule has 0 saturated carbocycles. The van der Waals surface area contributed by atoms with Gasteiger partial charge in [-0.1, -0.05) is 25.5 Å². The fourth-order valence-electron chi connectivity index (χ4n) is 1.81. The molecule has 0 fully saturated rings.